The number of nitrogens with one attached hydrogen (secondary N) is 1. The first kappa shape index (κ1) is 24.7. The summed E-state index contributed by atoms with van der Waals surface area (Å²) < 4.78 is 13.5. The molecule has 2 nitrogen and oxygen atoms in total. The van der Waals surface area contributed by atoms with Gasteiger partial charge in [-0.25, -0.2) is 4.39 Å². The lowest BCUT2D eigenvalue weighted by atomic mass is 9.53. The number of hydrogen-bond acceptors (Lipinski definition) is 2. The van der Waals surface area contributed by atoms with Crippen LogP contribution in [-0.2, 0) is 0 Å². The van der Waals surface area contributed by atoms with Gasteiger partial charge in [0.05, 0.1) is 6.10 Å². The number of rotatable bonds is 5. The highest BCUT2D eigenvalue weighted by Crippen LogP contribution is 2.54. The summed E-state index contributed by atoms with van der Waals surface area (Å²) in [6, 6.07) is 15.1. The van der Waals surface area contributed by atoms with Crippen LogP contribution in [0.2, 0.25) is 0 Å². The van der Waals surface area contributed by atoms with Crippen molar-refractivity contribution in [1.82, 2.24) is 5.32 Å². The summed E-state index contributed by atoms with van der Waals surface area (Å²) in [6.07, 6.45) is 8.67. The van der Waals surface area contributed by atoms with Gasteiger partial charge in [0.2, 0.25) is 0 Å². The average molecular weight is 460 g/mol. The molecule has 0 heterocycles. The minimum Gasteiger partial charge on any atom is -0.393 e. The summed E-state index contributed by atoms with van der Waals surface area (Å²) >= 11 is 0. The van der Waals surface area contributed by atoms with Crippen LogP contribution in [0.5, 0.6) is 0 Å². The SMILES string of the molecule is CCCCNC1C(=Cc2cccc(C#Cc3cccc(F)c3)c2)CCC2C(C)C(O)CC[C@]12C. The fourth-order valence-electron chi connectivity index (χ4n) is 6.19. The third-order valence-corrected chi connectivity index (χ3v) is 8.13. The molecule has 0 aliphatic heterocycles. The number of halogens is 1. The molecule has 2 saturated carbocycles. The molecule has 0 bridgehead atoms. The van der Waals surface area contributed by atoms with Crippen molar-refractivity contribution in [1.29, 1.82) is 0 Å². The molecule has 0 spiro atoms. The van der Waals surface area contributed by atoms with Crippen LogP contribution in [0.25, 0.3) is 6.08 Å². The Kier molecular flexibility index (Phi) is 7.91. The molecular formula is C31H38FNO. The maximum Gasteiger partial charge on any atom is 0.124 e. The highest BCUT2D eigenvalue weighted by Gasteiger charge is 2.51. The standard InChI is InChI=1S/C31H38FNO/c1-4-5-18-33-30-26(14-15-28-22(2)29(34)16-17-31(28,30)3)20-25-10-6-8-23(19-25)12-13-24-9-7-11-27(32)21-24/h6-11,19-22,28-30,33-34H,4-5,14-18H2,1-3H3/t22?,28?,29?,30?,31-/m0/s1. The van der Waals surface area contributed by atoms with Crippen molar-refractivity contribution < 1.29 is 9.50 Å². The van der Waals surface area contributed by atoms with E-state index in [0.717, 1.165) is 43.4 Å². The van der Waals surface area contributed by atoms with Gasteiger partial charge in [-0.1, -0.05) is 68.9 Å². The highest BCUT2D eigenvalue weighted by molar-refractivity contribution is 5.58. The summed E-state index contributed by atoms with van der Waals surface area (Å²) in [6.45, 7) is 7.94. The van der Waals surface area contributed by atoms with Crippen molar-refractivity contribution in [3.05, 3.63) is 76.6 Å². The van der Waals surface area contributed by atoms with Gasteiger partial charge >= 0.3 is 0 Å². The molecule has 180 valence electrons. The van der Waals surface area contributed by atoms with Crippen LogP contribution in [0.15, 0.2) is 54.1 Å². The molecule has 2 aliphatic rings. The van der Waals surface area contributed by atoms with E-state index in [9.17, 15) is 9.50 Å². The van der Waals surface area contributed by atoms with E-state index in [1.165, 1.54) is 30.5 Å². The molecule has 2 N–H and O–H groups in total. The van der Waals surface area contributed by atoms with Crippen LogP contribution in [0, 0.1) is 34.9 Å². The van der Waals surface area contributed by atoms with E-state index < -0.39 is 0 Å². The molecule has 5 atom stereocenters. The van der Waals surface area contributed by atoms with Gasteiger partial charge in [-0.15, -0.1) is 0 Å². The average Bonchev–Trinajstić information content (AvgIpc) is 2.82. The third kappa shape index (κ3) is 5.45. The number of fused-ring (bicyclic) bond motifs is 1. The van der Waals surface area contributed by atoms with Crippen molar-refractivity contribution in [2.75, 3.05) is 6.54 Å². The number of aliphatic hydroxyl groups excluding tert-OH is 1. The Morgan fingerprint density at radius 1 is 1.12 bits per heavy atom. The molecular weight excluding hydrogens is 421 g/mol. The Hall–Kier alpha value is -2.41. The predicted molar refractivity (Wildman–Crippen MR) is 139 cm³/mol. The lowest BCUT2D eigenvalue weighted by Crippen LogP contribution is -2.57. The summed E-state index contributed by atoms with van der Waals surface area (Å²) in [5, 5.41) is 14.5. The van der Waals surface area contributed by atoms with Crippen molar-refractivity contribution in [3.8, 4) is 11.8 Å². The first-order valence-electron chi connectivity index (χ1n) is 12.9. The quantitative estimate of drug-likeness (QED) is 0.391. The van der Waals surface area contributed by atoms with Crippen LogP contribution >= 0.6 is 0 Å². The molecule has 2 aliphatic carbocycles. The monoisotopic (exact) mass is 459 g/mol. The number of aliphatic hydroxyl groups is 1. The van der Waals surface area contributed by atoms with Gasteiger partial charge in [0.15, 0.2) is 0 Å². The van der Waals surface area contributed by atoms with Crippen molar-refractivity contribution in [3.63, 3.8) is 0 Å². The number of benzene rings is 2. The second-order valence-electron chi connectivity index (χ2n) is 10.5. The highest BCUT2D eigenvalue weighted by atomic mass is 19.1. The van der Waals surface area contributed by atoms with Crippen molar-refractivity contribution >= 4 is 6.08 Å². The van der Waals surface area contributed by atoms with Gasteiger partial charge in [0.25, 0.3) is 0 Å². The topological polar surface area (TPSA) is 32.3 Å². The lowest BCUT2D eigenvalue weighted by molar-refractivity contribution is -0.0587. The fraction of sp³-hybridized carbons (Fsp3) is 0.484. The van der Waals surface area contributed by atoms with Gasteiger partial charge in [-0.2, -0.15) is 0 Å². The van der Waals surface area contributed by atoms with Crippen LogP contribution < -0.4 is 5.32 Å². The van der Waals surface area contributed by atoms with E-state index in [4.69, 9.17) is 0 Å². The smallest absolute Gasteiger partial charge is 0.124 e. The minimum atomic E-state index is -0.263. The van der Waals surface area contributed by atoms with Crippen LogP contribution in [0.3, 0.4) is 0 Å². The Balaban J connectivity index is 1.61. The van der Waals surface area contributed by atoms with Crippen molar-refractivity contribution in [2.45, 2.75) is 71.4 Å². The van der Waals surface area contributed by atoms with Gasteiger partial charge in [-0.3, -0.25) is 0 Å². The Bertz CT molecular complexity index is 1080. The molecule has 0 aromatic heterocycles. The molecule has 0 radical (unpaired) electrons. The minimum absolute atomic E-state index is 0.158. The molecule has 4 rings (SSSR count). The maximum atomic E-state index is 13.5. The van der Waals surface area contributed by atoms with E-state index in [-0.39, 0.29) is 17.3 Å². The summed E-state index contributed by atoms with van der Waals surface area (Å²) in [7, 11) is 0. The largest absolute Gasteiger partial charge is 0.393 e. The predicted octanol–water partition coefficient (Wildman–Crippen LogP) is 6.57. The zero-order chi connectivity index (χ0) is 24.1. The summed E-state index contributed by atoms with van der Waals surface area (Å²) in [5.74, 6) is 6.89. The summed E-state index contributed by atoms with van der Waals surface area (Å²) in [4.78, 5) is 0. The van der Waals surface area contributed by atoms with Gasteiger partial charge in [0.1, 0.15) is 5.82 Å². The van der Waals surface area contributed by atoms with E-state index in [1.54, 1.807) is 6.07 Å². The maximum absolute atomic E-state index is 13.5. The first-order valence-corrected chi connectivity index (χ1v) is 12.9. The molecule has 34 heavy (non-hydrogen) atoms. The molecule has 4 unspecified atom stereocenters. The Labute approximate surface area is 204 Å². The zero-order valence-corrected chi connectivity index (χ0v) is 20.8. The van der Waals surface area contributed by atoms with Gasteiger partial charge < -0.3 is 10.4 Å². The Morgan fingerprint density at radius 3 is 2.59 bits per heavy atom. The van der Waals surface area contributed by atoms with E-state index in [1.807, 2.05) is 18.2 Å². The second kappa shape index (κ2) is 10.9. The first-order chi connectivity index (χ1) is 16.4. The van der Waals surface area contributed by atoms with Crippen LogP contribution in [0.4, 0.5) is 4.39 Å². The molecule has 0 amide bonds. The van der Waals surface area contributed by atoms with Crippen LogP contribution in [-0.4, -0.2) is 23.8 Å². The number of hydrogen-bond donors (Lipinski definition) is 2. The molecule has 0 saturated heterocycles. The second-order valence-corrected chi connectivity index (χ2v) is 10.5. The normalized spacial score (nSPS) is 29.9. The van der Waals surface area contributed by atoms with Crippen LogP contribution in [0.1, 0.15) is 76.0 Å². The zero-order valence-electron chi connectivity index (χ0n) is 20.8. The lowest BCUT2D eigenvalue weighted by Gasteiger charge is -2.55. The molecule has 2 aromatic carbocycles. The molecule has 3 heteroatoms. The van der Waals surface area contributed by atoms with E-state index >= 15 is 0 Å². The number of unbranched alkanes of at least 4 members (excludes halogenated alkanes) is 1. The van der Waals surface area contributed by atoms with Gasteiger partial charge in [0, 0.05) is 17.2 Å². The van der Waals surface area contributed by atoms with Crippen molar-refractivity contribution in [2.24, 2.45) is 17.3 Å². The third-order valence-electron chi connectivity index (χ3n) is 8.13. The fourth-order valence-corrected chi connectivity index (χ4v) is 6.19. The van der Waals surface area contributed by atoms with E-state index in [0.29, 0.717) is 23.4 Å². The molecule has 2 aromatic rings. The summed E-state index contributed by atoms with van der Waals surface area (Å²) in [5.41, 5.74) is 4.40. The molecule has 2 fully saturated rings. The Morgan fingerprint density at radius 2 is 1.85 bits per heavy atom. The van der Waals surface area contributed by atoms with Gasteiger partial charge in [-0.05, 0) is 91.8 Å². The van der Waals surface area contributed by atoms with E-state index in [2.05, 4.69) is 56.1 Å².